The lowest BCUT2D eigenvalue weighted by atomic mass is 10.1. The fourth-order valence-electron chi connectivity index (χ4n) is 2.23. The largest absolute Gasteiger partial charge is 0.454 e. The molecule has 0 bridgehead atoms. The van der Waals surface area contributed by atoms with E-state index >= 15 is 0 Å². The lowest BCUT2D eigenvalue weighted by Gasteiger charge is -2.23. The van der Waals surface area contributed by atoms with Crippen LogP contribution in [0, 0.1) is 0 Å². The summed E-state index contributed by atoms with van der Waals surface area (Å²) >= 11 is 0. The van der Waals surface area contributed by atoms with Gasteiger partial charge in [0.1, 0.15) is 0 Å². The average molecular weight is 265 g/mol. The molecule has 0 aliphatic carbocycles. The number of ether oxygens (including phenoxy) is 2. The van der Waals surface area contributed by atoms with Gasteiger partial charge in [-0.05, 0) is 37.2 Å². The zero-order valence-electron chi connectivity index (χ0n) is 11.8. The molecule has 4 heteroatoms. The second-order valence-corrected chi connectivity index (χ2v) is 4.88. The smallest absolute Gasteiger partial charge is 0.231 e. The molecule has 0 saturated carbocycles. The lowest BCUT2D eigenvalue weighted by molar-refractivity contribution is 0.115. The monoisotopic (exact) mass is 265 g/mol. The highest BCUT2D eigenvalue weighted by Gasteiger charge is 2.18. The van der Waals surface area contributed by atoms with E-state index in [0.29, 0.717) is 6.54 Å². The summed E-state index contributed by atoms with van der Waals surface area (Å²) in [4.78, 5) is 2.28. The molecule has 1 aromatic carbocycles. The summed E-state index contributed by atoms with van der Waals surface area (Å²) < 4.78 is 10.6. The number of hydrogen-bond acceptors (Lipinski definition) is 4. The van der Waals surface area contributed by atoms with Crippen LogP contribution in [0.15, 0.2) is 18.2 Å². The molecule has 1 aliphatic rings. The number of aliphatic hydroxyl groups is 1. The van der Waals surface area contributed by atoms with Gasteiger partial charge in [-0.2, -0.15) is 0 Å². The van der Waals surface area contributed by atoms with Crippen LogP contribution in [0.3, 0.4) is 0 Å². The Morgan fingerprint density at radius 3 is 2.79 bits per heavy atom. The quantitative estimate of drug-likeness (QED) is 0.822. The molecule has 1 aliphatic heterocycles. The van der Waals surface area contributed by atoms with E-state index < -0.39 is 6.10 Å². The molecule has 1 heterocycles. The minimum atomic E-state index is -0.480. The van der Waals surface area contributed by atoms with Crippen LogP contribution < -0.4 is 9.47 Å². The number of benzene rings is 1. The summed E-state index contributed by atoms with van der Waals surface area (Å²) in [5.41, 5.74) is 0.888. The predicted octanol–water partition coefficient (Wildman–Crippen LogP) is 2.57. The molecule has 2 rings (SSSR count). The third kappa shape index (κ3) is 3.61. The zero-order valence-corrected chi connectivity index (χ0v) is 11.8. The molecule has 0 spiro atoms. The first-order valence-electron chi connectivity index (χ1n) is 7.04. The van der Waals surface area contributed by atoms with Gasteiger partial charge in [0, 0.05) is 6.54 Å². The second kappa shape index (κ2) is 6.78. The maximum absolute atomic E-state index is 10.3. The van der Waals surface area contributed by atoms with Crippen LogP contribution in [-0.4, -0.2) is 36.4 Å². The van der Waals surface area contributed by atoms with Crippen molar-refractivity contribution >= 4 is 0 Å². The van der Waals surface area contributed by atoms with Crippen LogP contribution in [0.5, 0.6) is 11.5 Å². The molecule has 0 fully saturated rings. The second-order valence-electron chi connectivity index (χ2n) is 4.88. The van der Waals surface area contributed by atoms with Gasteiger partial charge in [0.15, 0.2) is 11.5 Å². The predicted molar refractivity (Wildman–Crippen MR) is 74.5 cm³/mol. The van der Waals surface area contributed by atoms with E-state index in [0.717, 1.165) is 30.2 Å². The fraction of sp³-hybridized carbons (Fsp3) is 0.600. The molecule has 4 nitrogen and oxygen atoms in total. The van der Waals surface area contributed by atoms with E-state index in [2.05, 4.69) is 18.7 Å². The lowest BCUT2D eigenvalue weighted by Crippen LogP contribution is -2.29. The van der Waals surface area contributed by atoms with Gasteiger partial charge < -0.3 is 19.5 Å². The molecule has 1 N–H and O–H groups in total. The van der Waals surface area contributed by atoms with Crippen molar-refractivity contribution < 1.29 is 14.6 Å². The first kappa shape index (κ1) is 14.2. The Kier molecular flexibility index (Phi) is 5.05. The molecule has 1 unspecified atom stereocenters. The van der Waals surface area contributed by atoms with Crippen molar-refractivity contribution in [2.24, 2.45) is 0 Å². The van der Waals surface area contributed by atoms with Crippen LogP contribution in [-0.2, 0) is 0 Å². The molecule has 0 saturated heterocycles. The van der Waals surface area contributed by atoms with E-state index in [4.69, 9.17) is 9.47 Å². The van der Waals surface area contributed by atoms with Gasteiger partial charge in [0.25, 0.3) is 0 Å². The van der Waals surface area contributed by atoms with Gasteiger partial charge in [0.2, 0.25) is 6.79 Å². The Balaban J connectivity index is 1.96. The number of fused-ring (bicyclic) bond motifs is 1. The van der Waals surface area contributed by atoms with Gasteiger partial charge in [-0.1, -0.05) is 26.3 Å². The van der Waals surface area contributed by atoms with Crippen molar-refractivity contribution in [3.8, 4) is 11.5 Å². The molecule has 0 amide bonds. The molecule has 0 radical (unpaired) electrons. The summed E-state index contributed by atoms with van der Waals surface area (Å²) in [6, 6.07) is 5.65. The highest BCUT2D eigenvalue weighted by atomic mass is 16.7. The van der Waals surface area contributed by atoms with Crippen LogP contribution >= 0.6 is 0 Å². The van der Waals surface area contributed by atoms with Gasteiger partial charge in [-0.3, -0.25) is 0 Å². The SMILES string of the molecule is CCCCN(CC)CC(O)c1ccc2c(c1)OCO2. The molecule has 1 aromatic rings. The minimum absolute atomic E-state index is 0.270. The van der Waals surface area contributed by atoms with Crippen LogP contribution in [0.25, 0.3) is 0 Å². The van der Waals surface area contributed by atoms with Crippen molar-refractivity contribution in [1.29, 1.82) is 0 Å². The number of nitrogens with zero attached hydrogens (tertiary/aromatic N) is 1. The number of likely N-dealkylation sites (N-methyl/N-ethyl adjacent to an activating group) is 1. The van der Waals surface area contributed by atoms with Crippen LogP contribution in [0.2, 0.25) is 0 Å². The fourth-order valence-corrected chi connectivity index (χ4v) is 2.23. The molecule has 1 atom stereocenters. The first-order chi connectivity index (χ1) is 9.24. The van der Waals surface area contributed by atoms with Crippen molar-refractivity contribution in [3.63, 3.8) is 0 Å². The average Bonchev–Trinajstić information content (AvgIpc) is 2.90. The van der Waals surface area contributed by atoms with Crippen molar-refractivity contribution in [1.82, 2.24) is 4.90 Å². The summed E-state index contributed by atoms with van der Waals surface area (Å²) in [5.74, 6) is 1.49. The van der Waals surface area contributed by atoms with Gasteiger partial charge in [0.05, 0.1) is 6.10 Å². The summed E-state index contributed by atoms with van der Waals surface area (Å²) in [6.45, 7) is 7.24. The highest BCUT2D eigenvalue weighted by Crippen LogP contribution is 2.34. The Morgan fingerprint density at radius 1 is 1.26 bits per heavy atom. The Hall–Kier alpha value is -1.26. The molecular formula is C15H23NO3. The summed E-state index contributed by atoms with van der Waals surface area (Å²) in [5, 5.41) is 10.3. The topological polar surface area (TPSA) is 41.9 Å². The number of hydrogen-bond donors (Lipinski definition) is 1. The number of rotatable bonds is 7. The van der Waals surface area contributed by atoms with Crippen molar-refractivity contribution in [3.05, 3.63) is 23.8 Å². The van der Waals surface area contributed by atoms with E-state index in [1.165, 1.54) is 12.8 Å². The minimum Gasteiger partial charge on any atom is -0.454 e. The number of unbranched alkanes of at least 4 members (excludes halogenated alkanes) is 1. The van der Waals surface area contributed by atoms with Crippen LogP contribution in [0.4, 0.5) is 0 Å². The third-order valence-electron chi connectivity index (χ3n) is 3.49. The van der Waals surface area contributed by atoms with E-state index in [9.17, 15) is 5.11 Å². The zero-order chi connectivity index (χ0) is 13.7. The Bertz CT molecular complexity index is 408. The molecular weight excluding hydrogens is 242 g/mol. The summed E-state index contributed by atoms with van der Waals surface area (Å²) in [7, 11) is 0. The molecule has 106 valence electrons. The summed E-state index contributed by atoms with van der Waals surface area (Å²) in [6.07, 6.45) is 1.87. The maximum atomic E-state index is 10.3. The van der Waals surface area contributed by atoms with E-state index in [1.807, 2.05) is 18.2 Å². The molecule has 0 aromatic heterocycles. The van der Waals surface area contributed by atoms with Crippen molar-refractivity contribution in [2.75, 3.05) is 26.4 Å². The van der Waals surface area contributed by atoms with Crippen molar-refractivity contribution in [2.45, 2.75) is 32.8 Å². The van der Waals surface area contributed by atoms with Gasteiger partial charge in [-0.25, -0.2) is 0 Å². The Morgan fingerprint density at radius 2 is 2.05 bits per heavy atom. The normalized spacial score (nSPS) is 14.9. The van der Waals surface area contributed by atoms with Gasteiger partial charge in [-0.15, -0.1) is 0 Å². The Labute approximate surface area is 114 Å². The number of aliphatic hydroxyl groups excluding tert-OH is 1. The standard InChI is InChI=1S/C15H23NO3/c1-3-5-8-16(4-2)10-13(17)12-6-7-14-15(9-12)19-11-18-14/h6-7,9,13,17H,3-5,8,10-11H2,1-2H3. The van der Waals surface area contributed by atoms with Gasteiger partial charge >= 0.3 is 0 Å². The third-order valence-corrected chi connectivity index (χ3v) is 3.49. The van der Waals surface area contributed by atoms with Crippen LogP contribution in [0.1, 0.15) is 38.4 Å². The molecule has 19 heavy (non-hydrogen) atoms. The van der Waals surface area contributed by atoms with E-state index in [-0.39, 0.29) is 6.79 Å². The highest BCUT2D eigenvalue weighted by molar-refractivity contribution is 5.45. The van der Waals surface area contributed by atoms with E-state index in [1.54, 1.807) is 0 Å². The maximum Gasteiger partial charge on any atom is 0.231 e. The first-order valence-corrected chi connectivity index (χ1v) is 7.04.